The molecule has 1 aliphatic rings. The number of ether oxygens (including phenoxy) is 1. The molecule has 0 aliphatic carbocycles. The highest BCUT2D eigenvalue weighted by atomic mass is 35.5. The summed E-state index contributed by atoms with van der Waals surface area (Å²) in [7, 11) is 0. The molecule has 0 radical (unpaired) electrons. The van der Waals surface area contributed by atoms with Crippen LogP contribution in [0.25, 0.3) is 11.0 Å². The highest BCUT2D eigenvalue weighted by Gasteiger charge is 2.27. The Labute approximate surface area is 103 Å². The van der Waals surface area contributed by atoms with Gasteiger partial charge < -0.3 is 9.15 Å². The van der Waals surface area contributed by atoms with Crippen molar-refractivity contribution >= 4 is 28.4 Å². The van der Waals surface area contributed by atoms with Gasteiger partial charge in [-0.3, -0.25) is 4.79 Å². The van der Waals surface area contributed by atoms with Crippen LogP contribution in [0.1, 0.15) is 17.0 Å². The van der Waals surface area contributed by atoms with Gasteiger partial charge in [-0.15, -0.1) is 0 Å². The van der Waals surface area contributed by atoms with E-state index in [9.17, 15) is 4.79 Å². The van der Waals surface area contributed by atoms with Gasteiger partial charge in [0.05, 0.1) is 12.5 Å². The number of hydrogen-bond donors (Lipinski definition) is 0. The lowest BCUT2D eigenvalue weighted by atomic mass is 10.0. The molecule has 4 heteroatoms. The Morgan fingerprint density at radius 1 is 1.35 bits per heavy atom. The summed E-state index contributed by atoms with van der Waals surface area (Å²) in [4.78, 5) is 12.1. The van der Waals surface area contributed by atoms with E-state index in [2.05, 4.69) is 0 Å². The van der Waals surface area contributed by atoms with E-state index in [4.69, 9.17) is 20.8 Å². The average Bonchev–Trinajstić information content (AvgIpc) is 2.96. The fraction of sp³-hybridized carbons (Fsp3) is 0.308. The third kappa shape index (κ3) is 1.96. The number of benzene rings is 1. The van der Waals surface area contributed by atoms with Crippen LogP contribution in [0.3, 0.4) is 0 Å². The van der Waals surface area contributed by atoms with E-state index in [1.807, 2.05) is 0 Å². The molecule has 1 aliphatic heterocycles. The van der Waals surface area contributed by atoms with Gasteiger partial charge in [-0.1, -0.05) is 11.6 Å². The Bertz CT molecular complexity index is 567. The zero-order chi connectivity index (χ0) is 11.8. The maximum absolute atomic E-state index is 12.1. The lowest BCUT2D eigenvalue weighted by molar-refractivity contribution is 0.0874. The smallest absolute Gasteiger partial charge is 0.203 e. The lowest BCUT2D eigenvalue weighted by Gasteiger charge is -2.01. The summed E-state index contributed by atoms with van der Waals surface area (Å²) in [5.74, 6) is 0.360. The summed E-state index contributed by atoms with van der Waals surface area (Å²) in [6.45, 7) is 1.15. The van der Waals surface area contributed by atoms with Crippen LogP contribution in [0.15, 0.2) is 28.7 Å². The number of fused-ring (bicyclic) bond motifs is 1. The monoisotopic (exact) mass is 250 g/mol. The molecule has 0 saturated carbocycles. The molecule has 3 nitrogen and oxygen atoms in total. The predicted molar refractivity (Wildman–Crippen MR) is 64.5 cm³/mol. The molecule has 1 aromatic heterocycles. The SMILES string of the molecule is O=C(c1cc2cc(Cl)ccc2o1)C1CCOC1. The van der Waals surface area contributed by atoms with Gasteiger partial charge in [-0.05, 0) is 30.7 Å². The van der Waals surface area contributed by atoms with E-state index >= 15 is 0 Å². The minimum absolute atomic E-state index is 0.0230. The van der Waals surface area contributed by atoms with E-state index in [0.29, 0.717) is 29.6 Å². The van der Waals surface area contributed by atoms with Crippen molar-refractivity contribution < 1.29 is 13.9 Å². The first-order valence-corrected chi connectivity index (χ1v) is 5.93. The van der Waals surface area contributed by atoms with Gasteiger partial charge >= 0.3 is 0 Å². The van der Waals surface area contributed by atoms with Crippen molar-refractivity contribution in [1.82, 2.24) is 0 Å². The second kappa shape index (κ2) is 4.17. The van der Waals surface area contributed by atoms with E-state index in [1.165, 1.54) is 0 Å². The summed E-state index contributed by atoms with van der Waals surface area (Å²) in [5, 5.41) is 1.50. The molecule has 0 N–H and O–H groups in total. The number of rotatable bonds is 2. The van der Waals surface area contributed by atoms with Crippen LogP contribution in [-0.2, 0) is 4.74 Å². The molecule has 3 rings (SSSR count). The minimum atomic E-state index is -0.0639. The highest BCUT2D eigenvalue weighted by molar-refractivity contribution is 6.31. The fourth-order valence-electron chi connectivity index (χ4n) is 2.08. The first-order valence-electron chi connectivity index (χ1n) is 5.55. The molecule has 1 atom stereocenters. The molecule has 2 aromatic rings. The van der Waals surface area contributed by atoms with Gasteiger partial charge in [0.15, 0.2) is 5.76 Å². The van der Waals surface area contributed by atoms with E-state index in [1.54, 1.807) is 24.3 Å². The number of furan rings is 1. The lowest BCUT2D eigenvalue weighted by Crippen LogP contribution is -2.13. The van der Waals surface area contributed by atoms with Crippen LogP contribution in [0.5, 0.6) is 0 Å². The summed E-state index contributed by atoms with van der Waals surface area (Å²) in [6, 6.07) is 7.07. The van der Waals surface area contributed by atoms with Crippen LogP contribution in [0.2, 0.25) is 5.02 Å². The Hall–Kier alpha value is -1.32. The molecule has 1 fully saturated rings. The van der Waals surface area contributed by atoms with Crippen LogP contribution in [0, 0.1) is 5.92 Å². The third-order valence-electron chi connectivity index (χ3n) is 3.02. The first-order chi connectivity index (χ1) is 8.24. The molecule has 17 heavy (non-hydrogen) atoms. The molecule has 1 aromatic carbocycles. The number of hydrogen-bond acceptors (Lipinski definition) is 3. The Balaban J connectivity index is 1.97. The Morgan fingerprint density at radius 3 is 3.00 bits per heavy atom. The molecular weight excluding hydrogens is 240 g/mol. The number of ketones is 1. The molecular formula is C13H11ClO3. The van der Waals surface area contributed by atoms with Crippen molar-refractivity contribution in [2.45, 2.75) is 6.42 Å². The standard InChI is InChI=1S/C13H11ClO3/c14-10-1-2-11-9(5-10)6-12(17-11)13(15)8-3-4-16-7-8/h1-2,5-6,8H,3-4,7H2. The number of halogens is 1. The van der Waals surface area contributed by atoms with Gasteiger partial charge in [0.1, 0.15) is 5.58 Å². The molecule has 88 valence electrons. The number of carbonyl (C=O) groups is 1. The maximum Gasteiger partial charge on any atom is 0.203 e. The van der Waals surface area contributed by atoms with Crippen molar-refractivity contribution in [2.75, 3.05) is 13.2 Å². The predicted octanol–water partition coefficient (Wildman–Crippen LogP) is 3.31. The van der Waals surface area contributed by atoms with Crippen LogP contribution < -0.4 is 0 Å². The molecule has 0 spiro atoms. The number of carbonyl (C=O) groups excluding carboxylic acids is 1. The second-order valence-corrected chi connectivity index (χ2v) is 4.65. The molecule has 0 bridgehead atoms. The van der Waals surface area contributed by atoms with Crippen molar-refractivity contribution in [3.63, 3.8) is 0 Å². The average molecular weight is 251 g/mol. The number of Topliss-reactive ketones (excluding diaryl/α,β-unsaturated/α-hetero) is 1. The Kier molecular flexibility index (Phi) is 2.65. The first kappa shape index (κ1) is 10.8. The second-order valence-electron chi connectivity index (χ2n) is 4.22. The van der Waals surface area contributed by atoms with E-state index in [0.717, 1.165) is 11.8 Å². The van der Waals surface area contributed by atoms with Gasteiger partial charge in [-0.25, -0.2) is 0 Å². The summed E-state index contributed by atoms with van der Waals surface area (Å²) in [6.07, 6.45) is 0.774. The normalized spacial score (nSPS) is 19.9. The highest BCUT2D eigenvalue weighted by Crippen LogP contribution is 2.26. The maximum atomic E-state index is 12.1. The van der Waals surface area contributed by atoms with Gasteiger partial charge in [0.2, 0.25) is 5.78 Å². The molecule has 1 saturated heterocycles. The van der Waals surface area contributed by atoms with Gasteiger partial charge in [0, 0.05) is 17.0 Å². The quantitative estimate of drug-likeness (QED) is 0.768. The van der Waals surface area contributed by atoms with Crippen molar-refractivity contribution in [3.05, 3.63) is 35.0 Å². The van der Waals surface area contributed by atoms with Crippen LogP contribution in [-0.4, -0.2) is 19.0 Å². The van der Waals surface area contributed by atoms with Crippen LogP contribution in [0.4, 0.5) is 0 Å². The summed E-state index contributed by atoms with van der Waals surface area (Å²) in [5.41, 5.74) is 0.691. The van der Waals surface area contributed by atoms with Crippen molar-refractivity contribution in [1.29, 1.82) is 0 Å². The summed E-state index contributed by atoms with van der Waals surface area (Å²) >= 11 is 5.89. The minimum Gasteiger partial charge on any atom is -0.453 e. The largest absolute Gasteiger partial charge is 0.453 e. The van der Waals surface area contributed by atoms with E-state index < -0.39 is 0 Å². The molecule has 0 amide bonds. The van der Waals surface area contributed by atoms with Crippen molar-refractivity contribution in [3.8, 4) is 0 Å². The van der Waals surface area contributed by atoms with E-state index in [-0.39, 0.29) is 11.7 Å². The zero-order valence-electron chi connectivity index (χ0n) is 9.11. The Morgan fingerprint density at radius 2 is 2.24 bits per heavy atom. The topological polar surface area (TPSA) is 39.4 Å². The van der Waals surface area contributed by atoms with Crippen LogP contribution >= 0.6 is 11.6 Å². The van der Waals surface area contributed by atoms with Gasteiger partial charge in [0.25, 0.3) is 0 Å². The molecule has 2 heterocycles. The van der Waals surface area contributed by atoms with Gasteiger partial charge in [-0.2, -0.15) is 0 Å². The third-order valence-corrected chi connectivity index (χ3v) is 3.26. The van der Waals surface area contributed by atoms with Crippen molar-refractivity contribution in [2.24, 2.45) is 5.92 Å². The molecule has 1 unspecified atom stereocenters. The fourth-order valence-corrected chi connectivity index (χ4v) is 2.26. The summed E-state index contributed by atoms with van der Waals surface area (Å²) < 4.78 is 10.7. The zero-order valence-corrected chi connectivity index (χ0v) is 9.87.